The number of nitrogens with one attached hydrogen (secondary N) is 1. The van der Waals surface area contributed by atoms with Gasteiger partial charge in [0.25, 0.3) is 11.8 Å². The molecule has 0 saturated heterocycles. The van der Waals surface area contributed by atoms with Crippen molar-refractivity contribution in [1.82, 2.24) is 4.90 Å². The zero-order valence-electron chi connectivity index (χ0n) is 15.2. The van der Waals surface area contributed by atoms with Crippen LogP contribution >= 0.6 is 15.9 Å². The SMILES string of the molecule is CCCCOc1ccc(C(=O)Nc2cccc(C(=O)N(C)C)c2)cc1Br. The number of hydrogen-bond donors (Lipinski definition) is 1. The predicted molar refractivity (Wildman–Crippen MR) is 107 cm³/mol. The summed E-state index contributed by atoms with van der Waals surface area (Å²) in [4.78, 5) is 26.0. The summed E-state index contributed by atoms with van der Waals surface area (Å²) in [7, 11) is 3.38. The lowest BCUT2D eigenvalue weighted by Crippen LogP contribution is -2.22. The number of carbonyl (C=O) groups is 2. The second-order valence-corrected chi connectivity index (χ2v) is 6.94. The zero-order valence-corrected chi connectivity index (χ0v) is 16.8. The fourth-order valence-electron chi connectivity index (χ4n) is 2.28. The molecule has 0 heterocycles. The summed E-state index contributed by atoms with van der Waals surface area (Å²) >= 11 is 3.44. The molecule has 26 heavy (non-hydrogen) atoms. The minimum absolute atomic E-state index is 0.113. The van der Waals surface area contributed by atoms with Gasteiger partial charge in [-0.1, -0.05) is 19.4 Å². The molecule has 0 fully saturated rings. The molecule has 2 aromatic carbocycles. The van der Waals surface area contributed by atoms with E-state index in [4.69, 9.17) is 4.74 Å². The third kappa shape index (κ3) is 5.33. The zero-order chi connectivity index (χ0) is 19.1. The largest absolute Gasteiger partial charge is 0.492 e. The Morgan fingerprint density at radius 1 is 1.12 bits per heavy atom. The van der Waals surface area contributed by atoms with E-state index in [1.54, 1.807) is 56.6 Å². The first-order valence-corrected chi connectivity index (χ1v) is 9.27. The smallest absolute Gasteiger partial charge is 0.255 e. The summed E-state index contributed by atoms with van der Waals surface area (Å²) in [6, 6.07) is 12.1. The molecule has 138 valence electrons. The lowest BCUT2D eigenvalue weighted by Gasteiger charge is -2.12. The van der Waals surface area contributed by atoms with Crippen molar-refractivity contribution in [3.8, 4) is 5.75 Å². The van der Waals surface area contributed by atoms with Gasteiger partial charge >= 0.3 is 0 Å². The van der Waals surface area contributed by atoms with E-state index in [-0.39, 0.29) is 11.8 Å². The number of amides is 2. The maximum Gasteiger partial charge on any atom is 0.255 e. The molecule has 0 aliphatic heterocycles. The molecule has 0 radical (unpaired) electrons. The molecular weight excluding hydrogens is 396 g/mol. The molecule has 0 unspecified atom stereocenters. The van der Waals surface area contributed by atoms with Gasteiger partial charge < -0.3 is 15.0 Å². The Morgan fingerprint density at radius 2 is 1.88 bits per heavy atom. The van der Waals surface area contributed by atoms with E-state index < -0.39 is 0 Å². The van der Waals surface area contributed by atoms with Gasteiger partial charge in [-0.05, 0) is 58.7 Å². The lowest BCUT2D eigenvalue weighted by atomic mass is 10.1. The molecule has 6 heteroatoms. The van der Waals surface area contributed by atoms with Crippen LogP contribution in [0.1, 0.15) is 40.5 Å². The number of halogens is 1. The standard InChI is InChI=1S/C20H23BrN2O3/c1-4-5-11-26-18-10-9-14(13-17(18)21)19(24)22-16-8-6-7-15(12-16)20(25)23(2)3/h6-10,12-13H,4-5,11H2,1-3H3,(H,22,24). The quantitative estimate of drug-likeness (QED) is 0.669. The van der Waals surface area contributed by atoms with Gasteiger partial charge in [0, 0.05) is 30.9 Å². The van der Waals surface area contributed by atoms with Gasteiger partial charge in [-0.25, -0.2) is 0 Å². The fourth-order valence-corrected chi connectivity index (χ4v) is 2.77. The van der Waals surface area contributed by atoms with Gasteiger partial charge in [-0.15, -0.1) is 0 Å². The number of nitrogens with zero attached hydrogens (tertiary/aromatic N) is 1. The Bertz CT molecular complexity index is 790. The van der Waals surface area contributed by atoms with Crippen LogP contribution in [0.3, 0.4) is 0 Å². The van der Waals surface area contributed by atoms with Crippen LogP contribution in [-0.2, 0) is 0 Å². The predicted octanol–water partition coefficient (Wildman–Crippen LogP) is 4.58. The summed E-state index contributed by atoms with van der Waals surface area (Å²) in [5, 5.41) is 2.82. The first kappa shape index (κ1) is 20.0. The molecule has 2 amide bonds. The maximum atomic E-state index is 12.5. The van der Waals surface area contributed by atoms with Crippen LogP contribution in [0.15, 0.2) is 46.9 Å². The minimum Gasteiger partial charge on any atom is -0.492 e. The number of rotatable bonds is 7. The molecule has 0 aliphatic carbocycles. The van der Waals surface area contributed by atoms with Gasteiger partial charge in [-0.2, -0.15) is 0 Å². The highest BCUT2D eigenvalue weighted by molar-refractivity contribution is 9.10. The fraction of sp³-hybridized carbons (Fsp3) is 0.300. The van der Waals surface area contributed by atoms with Crippen molar-refractivity contribution in [2.75, 3.05) is 26.0 Å². The molecule has 0 bridgehead atoms. The van der Waals surface area contributed by atoms with E-state index in [0.717, 1.165) is 17.3 Å². The topological polar surface area (TPSA) is 58.6 Å². The third-order valence-corrected chi connectivity index (χ3v) is 4.34. The van der Waals surface area contributed by atoms with E-state index in [1.165, 1.54) is 4.90 Å². The van der Waals surface area contributed by atoms with Crippen LogP contribution in [0.5, 0.6) is 5.75 Å². The van der Waals surface area contributed by atoms with Crippen molar-refractivity contribution < 1.29 is 14.3 Å². The molecule has 0 aliphatic rings. The first-order chi connectivity index (χ1) is 12.4. The summed E-state index contributed by atoms with van der Waals surface area (Å²) < 4.78 is 6.41. The van der Waals surface area contributed by atoms with Crippen molar-refractivity contribution in [2.45, 2.75) is 19.8 Å². The molecule has 0 spiro atoms. The molecule has 0 aromatic heterocycles. The first-order valence-electron chi connectivity index (χ1n) is 8.47. The lowest BCUT2D eigenvalue weighted by molar-refractivity contribution is 0.0827. The minimum atomic E-state index is -0.250. The monoisotopic (exact) mass is 418 g/mol. The van der Waals surface area contributed by atoms with Crippen molar-refractivity contribution in [2.24, 2.45) is 0 Å². The van der Waals surface area contributed by atoms with E-state index in [0.29, 0.717) is 29.2 Å². The number of anilines is 1. The summed E-state index contributed by atoms with van der Waals surface area (Å²) in [5.41, 5.74) is 1.60. The van der Waals surface area contributed by atoms with Crippen LogP contribution in [0.25, 0.3) is 0 Å². The Morgan fingerprint density at radius 3 is 2.54 bits per heavy atom. The van der Waals surface area contributed by atoms with E-state index in [1.807, 2.05) is 0 Å². The van der Waals surface area contributed by atoms with Gasteiger partial charge in [0.2, 0.25) is 0 Å². The third-order valence-electron chi connectivity index (χ3n) is 3.72. The van der Waals surface area contributed by atoms with E-state index in [9.17, 15) is 9.59 Å². The Hall–Kier alpha value is -2.34. The molecule has 0 atom stereocenters. The van der Waals surface area contributed by atoms with Crippen LogP contribution < -0.4 is 10.1 Å². The highest BCUT2D eigenvalue weighted by Gasteiger charge is 2.12. The molecule has 2 rings (SSSR count). The molecule has 1 N–H and O–H groups in total. The normalized spacial score (nSPS) is 10.3. The number of unbranched alkanes of at least 4 members (excludes halogenated alkanes) is 1. The van der Waals surface area contributed by atoms with Gasteiger partial charge in [0.1, 0.15) is 5.75 Å². The van der Waals surface area contributed by atoms with Gasteiger partial charge in [0.15, 0.2) is 0 Å². The van der Waals surface area contributed by atoms with Crippen LogP contribution in [-0.4, -0.2) is 37.4 Å². The maximum absolute atomic E-state index is 12.5. The molecular formula is C20H23BrN2O3. The summed E-state index contributed by atoms with van der Waals surface area (Å²) in [5.74, 6) is 0.353. The molecule has 2 aromatic rings. The number of ether oxygens (including phenoxy) is 1. The Balaban J connectivity index is 2.09. The van der Waals surface area contributed by atoms with Crippen molar-refractivity contribution >= 4 is 33.4 Å². The van der Waals surface area contributed by atoms with Crippen LogP contribution in [0, 0.1) is 0 Å². The highest BCUT2D eigenvalue weighted by atomic mass is 79.9. The van der Waals surface area contributed by atoms with Crippen LogP contribution in [0.2, 0.25) is 0 Å². The van der Waals surface area contributed by atoms with Crippen molar-refractivity contribution in [3.63, 3.8) is 0 Å². The number of hydrogen-bond acceptors (Lipinski definition) is 3. The average Bonchev–Trinajstić information content (AvgIpc) is 2.62. The van der Waals surface area contributed by atoms with Crippen molar-refractivity contribution in [1.29, 1.82) is 0 Å². The number of benzene rings is 2. The second-order valence-electron chi connectivity index (χ2n) is 6.08. The average molecular weight is 419 g/mol. The highest BCUT2D eigenvalue weighted by Crippen LogP contribution is 2.26. The van der Waals surface area contributed by atoms with Gasteiger partial charge in [0.05, 0.1) is 11.1 Å². The Labute approximate surface area is 162 Å². The number of carbonyl (C=O) groups excluding carboxylic acids is 2. The molecule has 5 nitrogen and oxygen atoms in total. The summed E-state index contributed by atoms with van der Waals surface area (Å²) in [6.07, 6.45) is 2.05. The molecule has 0 saturated carbocycles. The second kappa shape index (κ2) is 9.38. The van der Waals surface area contributed by atoms with Crippen molar-refractivity contribution in [3.05, 3.63) is 58.1 Å². The van der Waals surface area contributed by atoms with Gasteiger partial charge in [-0.3, -0.25) is 9.59 Å². The summed E-state index contributed by atoms with van der Waals surface area (Å²) in [6.45, 7) is 2.75. The van der Waals surface area contributed by atoms with Crippen LogP contribution in [0.4, 0.5) is 5.69 Å². The van der Waals surface area contributed by atoms with E-state index in [2.05, 4.69) is 28.2 Å². The van der Waals surface area contributed by atoms with E-state index >= 15 is 0 Å². The Kier molecular flexibility index (Phi) is 7.21.